The molecule has 0 aliphatic heterocycles. The maximum Gasteiger partial charge on any atom is 0.118 e. The molecule has 0 bridgehead atoms. The van der Waals surface area contributed by atoms with E-state index in [0.717, 1.165) is 45.4 Å². The Bertz CT molecular complexity index is 1320. The third-order valence-corrected chi connectivity index (χ3v) is 6.60. The van der Waals surface area contributed by atoms with E-state index in [1.165, 1.54) is 11.1 Å². The van der Waals surface area contributed by atoms with Crippen LogP contribution in [-0.2, 0) is 36.4 Å². The monoisotopic (exact) mass is 577 g/mol. The number of imidazole rings is 1. The van der Waals surface area contributed by atoms with E-state index in [1.807, 2.05) is 12.1 Å². The SMILES string of the molecule is [CH2-]c1cccc2nc(C(C)(C)C)n3c4cc5c(cc4nc3c12)C(C)(C)CC5(C)C.[Ir]. The Balaban J connectivity index is 0.00000218. The van der Waals surface area contributed by atoms with Crippen LogP contribution in [0.4, 0.5) is 0 Å². The van der Waals surface area contributed by atoms with Gasteiger partial charge in [0, 0.05) is 31.0 Å². The van der Waals surface area contributed by atoms with Crippen molar-refractivity contribution >= 4 is 27.6 Å². The molecule has 30 heavy (non-hydrogen) atoms. The number of aromatic nitrogens is 3. The van der Waals surface area contributed by atoms with Crippen LogP contribution in [-0.4, -0.2) is 14.4 Å². The first kappa shape index (κ1) is 21.3. The molecule has 4 aromatic rings. The molecule has 4 heteroatoms. The molecule has 3 nitrogen and oxygen atoms in total. The number of benzene rings is 2. The molecular formula is C26H30IrN3-. The smallest absolute Gasteiger partial charge is 0.118 e. The number of fused-ring (bicyclic) bond motifs is 6. The van der Waals surface area contributed by atoms with Crippen LogP contribution in [0.5, 0.6) is 0 Å². The minimum absolute atomic E-state index is 0. The van der Waals surface area contributed by atoms with E-state index in [4.69, 9.17) is 9.97 Å². The molecule has 0 atom stereocenters. The van der Waals surface area contributed by atoms with Gasteiger partial charge in [-0.2, -0.15) is 18.6 Å². The van der Waals surface area contributed by atoms with Crippen molar-refractivity contribution in [2.24, 2.45) is 0 Å². The van der Waals surface area contributed by atoms with Gasteiger partial charge in [-0.1, -0.05) is 59.9 Å². The van der Waals surface area contributed by atoms with E-state index in [-0.39, 0.29) is 36.4 Å². The molecule has 2 heterocycles. The zero-order chi connectivity index (χ0) is 20.9. The minimum atomic E-state index is -0.106. The second kappa shape index (κ2) is 6.31. The van der Waals surface area contributed by atoms with Crippen molar-refractivity contribution in [1.29, 1.82) is 0 Å². The van der Waals surface area contributed by atoms with E-state index in [9.17, 15) is 0 Å². The van der Waals surface area contributed by atoms with Crippen LogP contribution in [0, 0.1) is 6.92 Å². The first-order valence-electron chi connectivity index (χ1n) is 10.5. The van der Waals surface area contributed by atoms with Gasteiger partial charge >= 0.3 is 0 Å². The molecule has 1 aliphatic carbocycles. The summed E-state index contributed by atoms with van der Waals surface area (Å²) in [5.74, 6) is 1.04. The number of hydrogen-bond acceptors (Lipinski definition) is 2. The first-order chi connectivity index (χ1) is 13.4. The second-order valence-corrected chi connectivity index (χ2v) is 11.1. The van der Waals surface area contributed by atoms with E-state index in [0.29, 0.717) is 0 Å². The molecule has 5 rings (SSSR count). The van der Waals surface area contributed by atoms with Gasteiger partial charge in [0.1, 0.15) is 5.82 Å². The van der Waals surface area contributed by atoms with Crippen molar-refractivity contribution < 1.29 is 20.1 Å². The molecule has 0 saturated carbocycles. The molecule has 1 radical (unpaired) electrons. The summed E-state index contributed by atoms with van der Waals surface area (Å²) in [4.78, 5) is 10.3. The second-order valence-electron chi connectivity index (χ2n) is 11.1. The van der Waals surface area contributed by atoms with Gasteiger partial charge in [-0.05, 0) is 40.5 Å². The zero-order valence-electron chi connectivity index (χ0n) is 19.0. The average molecular weight is 577 g/mol. The van der Waals surface area contributed by atoms with Gasteiger partial charge in [0.2, 0.25) is 0 Å². The van der Waals surface area contributed by atoms with Gasteiger partial charge < -0.3 is 0 Å². The minimum Gasteiger partial charge on any atom is -0.290 e. The molecule has 0 saturated heterocycles. The Kier molecular flexibility index (Phi) is 4.49. The predicted octanol–water partition coefficient (Wildman–Crippen LogP) is 6.47. The van der Waals surface area contributed by atoms with E-state index in [1.54, 1.807) is 0 Å². The van der Waals surface area contributed by atoms with Crippen molar-refractivity contribution in [2.45, 2.75) is 71.1 Å². The largest absolute Gasteiger partial charge is 0.290 e. The molecule has 0 fully saturated rings. The standard InChI is InChI=1S/C26H30N3.Ir/c1-15-10-9-11-18-21(15)22-27-19-12-16-17(26(7,8)14-25(16,5)6)13-20(19)29(22)23(28-18)24(2,3)4;/h9-13H,1,14H2,2-8H3;/q-1;. The summed E-state index contributed by atoms with van der Waals surface area (Å²) in [5.41, 5.74) is 8.22. The summed E-state index contributed by atoms with van der Waals surface area (Å²) < 4.78 is 2.29. The first-order valence-corrected chi connectivity index (χ1v) is 10.5. The molecule has 1 aliphatic rings. The summed E-state index contributed by atoms with van der Waals surface area (Å²) in [5, 5.41) is 1.05. The summed E-state index contributed by atoms with van der Waals surface area (Å²) >= 11 is 0. The van der Waals surface area contributed by atoms with Crippen molar-refractivity contribution in [2.75, 3.05) is 0 Å². The maximum atomic E-state index is 5.15. The topological polar surface area (TPSA) is 30.2 Å². The van der Waals surface area contributed by atoms with Crippen molar-refractivity contribution in [1.82, 2.24) is 14.4 Å². The maximum absolute atomic E-state index is 5.15. The van der Waals surface area contributed by atoms with Gasteiger partial charge in [0.05, 0.1) is 16.7 Å². The summed E-state index contributed by atoms with van der Waals surface area (Å²) in [6.07, 6.45) is 1.15. The molecular weight excluding hydrogens is 547 g/mol. The van der Waals surface area contributed by atoms with Crippen LogP contribution in [0.15, 0.2) is 30.3 Å². The molecule has 0 N–H and O–H groups in total. The fraction of sp³-hybridized carbons (Fsp3) is 0.423. The van der Waals surface area contributed by atoms with Crippen LogP contribution >= 0.6 is 0 Å². The van der Waals surface area contributed by atoms with Crippen LogP contribution in [0.25, 0.3) is 27.6 Å². The number of rotatable bonds is 0. The average Bonchev–Trinajstić information content (AvgIpc) is 3.04. The Hall–Kier alpha value is -1.90. The molecule has 0 unspecified atom stereocenters. The van der Waals surface area contributed by atoms with Gasteiger partial charge in [-0.3, -0.25) is 4.40 Å². The van der Waals surface area contributed by atoms with Crippen LogP contribution in [0.2, 0.25) is 0 Å². The van der Waals surface area contributed by atoms with Crippen molar-refractivity contribution in [3.63, 3.8) is 0 Å². The Labute approximate surface area is 192 Å². The van der Waals surface area contributed by atoms with Crippen molar-refractivity contribution in [3.8, 4) is 0 Å². The molecule has 2 aromatic carbocycles. The Morgan fingerprint density at radius 3 is 2.20 bits per heavy atom. The normalized spacial score (nSPS) is 17.4. The van der Waals surface area contributed by atoms with Crippen LogP contribution in [0.3, 0.4) is 0 Å². The molecule has 0 amide bonds. The van der Waals surface area contributed by atoms with Crippen LogP contribution < -0.4 is 0 Å². The summed E-state index contributed by atoms with van der Waals surface area (Å²) in [6.45, 7) is 20.4. The Morgan fingerprint density at radius 1 is 0.933 bits per heavy atom. The van der Waals surface area contributed by atoms with Gasteiger partial charge in [-0.15, -0.1) is 6.07 Å². The van der Waals surface area contributed by atoms with E-state index in [2.05, 4.69) is 78.0 Å². The molecule has 159 valence electrons. The zero-order valence-corrected chi connectivity index (χ0v) is 21.4. The van der Waals surface area contributed by atoms with Gasteiger partial charge in [0.25, 0.3) is 0 Å². The van der Waals surface area contributed by atoms with Crippen LogP contribution in [0.1, 0.15) is 77.4 Å². The fourth-order valence-electron chi connectivity index (χ4n) is 5.53. The number of nitrogens with zero attached hydrogens (tertiary/aromatic N) is 3. The van der Waals surface area contributed by atoms with E-state index >= 15 is 0 Å². The molecule has 0 spiro atoms. The predicted molar refractivity (Wildman–Crippen MR) is 122 cm³/mol. The quantitative estimate of drug-likeness (QED) is 0.225. The van der Waals surface area contributed by atoms with Crippen molar-refractivity contribution in [3.05, 3.63) is 59.8 Å². The Morgan fingerprint density at radius 2 is 1.57 bits per heavy atom. The van der Waals surface area contributed by atoms with Gasteiger partial charge in [0.15, 0.2) is 0 Å². The third kappa shape index (κ3) is 2.84. The molecule has 2 aromatic heterocycles. The summed E-state index contributed by atoms with van der Waals surface area (Å²) in [6, 6.07) is 10.9. The third-order valence-electron chi connectivity index (χ3n) is 6.60. The van der Waals surface area contributed by atoms with E-state index < -0.39 is 0 Å². The summed E-state index contributed by atoms with van der Waals surface area (Å²) in [7, 11) is 0. The number of hydrogen-bond donors (Lipinski definition) is 0. The van der Waals surface area contributed by atoms with Gasteiger partial charge in [-0.25, -0.2) is 9.97 Å². The fourth-order valence-corrected chi connectivity index (χ4v) is 5.53.